The Hall–Kier alpha value is -3.34. The number of carbonyl (C=O) groups excluding carboxylic acids is 1. The molecule has 3 aromatic rings. The van der Waals surface area contributed by atoms with Crippen molar-refractivity contribution in [3.05, 3.63) is 78.5 Å². The number of pyridine rings is 1. The minimum Gasteiger partial charge on any atom is -0.455 e. The van der Waals surface area contributed by atoms with Crippen molar-refractivity contribution in [2.24, 2.45) is 5.92 Å². The number of anilines is 2. The molecular formula is C24H25N3O2. The molecule has 1 aliphatic rings. The van der Waals surface area contributed by atoms with Gasteiger partial charge < -0.3 is 15.0 Å². The number of para-hydroxylation sites is 3. The van der Waals surface area contributed by atoms with E-state index in [0.717, 1.165) is 43.4 Å². The number of nitrogens with one attached hydrogen (secondary N) is 1. The van der Waals surface area contributed by atoms with Crippen molar-refractivity contribution in [2.75, 3.05) is 23.3 Å². The molecule has 0 saturated carbocycles. The van der Waals surface area contributed by atoms with Gasteiger partial charge in [0.15, 0.2) is 5.75 Å². The average Bonchev–Trinajstić information content (AvgIpc) is 2.76. The van der Waals surface area contributed by atoms with Crippen LogP contribution in [0.15, 0.2) is 72.9 Å². The van der Waals surface area contributed by atoms with E-state index in [2.05, 4.69) is 22.1 Å². The van der Waals surface area contributed by atoms with E-state index in [4.69, 9.17) is 4.74 Å². The maximum Gasteiger partial charge on any atom is 0.255 e. The van der Waals surface area contributed by atoms with Gasteiger partial charge in [0.25, 0.3) is 5.91 Å². The van der Waals surface area contributed by atoms with E-state index in [0.29, 0.717) is 17.0 Å². The van der Waals surface area contributed by atoms with Gasteiger partial charge in [-0.15, -0.1) is 0 Å². The SMILES string of the molecule is CC1CCN(c2cc(C(=O)Nc3ccccc3Oc3ccccc3)ccn2)CC1. The molecule has 4 rings (SSSR count). The molecule has 1 amide bonds. The predicted octanol–water partition coefficient (Wildman–Crippen LogP) is 5.36. The van der Waals surface area contributed by atoms with Gasteiger partial charge in [-0.3, -0.25) is 4.79 Å². The summed E-state index contributed by atoms with van der Waals surface area (Å²) in [4.78, 5) is 19.6. The van der Waals surface area contributed by atoms with Crippen molar-refractivity contribution in [2.45, 2.75) is 19.8 Å². The first-order valence-electron chi connectivity index (χ1n) is 10.0. The largest absolute Gasteiger partial charge is 0.455 e. The second-order valence-electron chi connectivity index (χ2n) is 7.44. The molecule has 1 N–H and O–H groups in total. The van der Waals surface area contributed by atoms with E-state index in [1.165, 1.54) is 0 Å². The lowest BCUT2D eigenvalue weighted by Crippen LogP contribution is -2.33. The molecule has 2 heterocycles. The smallest absolute Gasteiger partial charge is 0.255 e. The van der Waals surface area contributed by atoms with Crippen LogP contribution in [0.4, 0.5) is 11.5 Å². The van der Waals surface area contributed by atoms with Gasteiger partial charge in [0, 0.05) is 24.8 Å². The number of benzene rings is 2. The first kappa shape index (κ1) is 19.0. The van der Waals surface area contributed by atoms with Crippen LogP contribution in [0.5, 0.6) is 11.5 Å². The van der Waals surface area contributed by atoms with Crippen molar-refractivity contribution >= 4 is 17.4 Å². The van der Waals surface area contributed by atoms with Crippen LogP contribution in [-0.2, 0) is 0 Å². The third-order valence-electron chi connectivity index (χ3n) is 5.22. The van der Waals surface area contributed by atoms with Gasteiger partial charge in [0.05, 0.1) is 5.69 Å². The molecule has 0 bridgehead atoms. The van der Waals surface area contributed by atoms with Crippen LogP contribution in [-0.4, -0.2) is 24.0 Å². The van der Waals surface area contributed by atoms with E-state index < -0.39 is 0 Å². The number of carbonyl (C=O) groups is 1. The molecule has 0 spiro atoms. The molecule has 0 radical (unpaired) electrons. The molecule has 1 fully saturated rings. The minimum absolute atomic E-state index is 0.178. The summed E-state index contributed by atoms with van der Waals surface area (Å²) in [5.74, 6) is 2.76. The third kappa shape index (κ3) is 4.74. The highest BCUT2D eigenvalue weighted by Gasteiger charge is 2.18. The van der Waals surface area contributed by atoms with Crippen molar-refractivity contribution in [1.29, 1.82) is 0 Å². The summed E-state index contributed by atoms with van der Waals surface area (Å²) in [7, 11) is 0. The standard InChI is InChI=1S/C24H25N3O2/c1-18-12-15-27(16-13-18)23-17-19(11-14-25-23)24(28)26-21-9-5-6-10-22(21)29-20-7-3-2-4-8-20/h2-11,14,17-18H,12-13,15-16H2,1H3,(H,26,28). The monoisotopic (exact) mass is 387 g/mol. The zero-order chi connectivity index (χ0) is 20.1. The van der Waals surface area contributed by atoms with Crippen molar-refractivity contribution in [1.82, 2.24) is 4.98 Å². The summed E-state index contributed by atoms with van der Waals surface area (Å²) in [5, 5.41) is 2.97. The normalized spacial score (nSPS) is 14.4. The lowest BCUT2D eigenvalue weighted by Gasteiger charge is -2.31. The molecule has 1 saturated heterocycles. The molecular weight excluding hydrogens is 362 g/mol. The Morgan fingerprint density at radius 2 is 1.76 bits per heavy atom. The lowest BCUT2D eigenvalue weighted by molar-refractivity contribution is 0.102. The number of piperidine rings is 1. The average molecular weight is 387 g/mol. The van der Waals surface area contributed by atoms with Crippen LogP contribution >= 0.6 is 0 Å². The molecule has 29 heavy (non-hydrogen) atoms. The number of aromatic nitrogens is 1. The van der Waals surface area contributed by atoms with E-state index in [-0.39, 0.29) is 5.91 Å². The van der Waals surface area contributed by atoms with Crippen LogP contribution in [0.25, 0.3) is 0 Å². The summed E-state index contributed by atoms with van der Waals surface area (Å²) in [5.41, 5.74) is 1.22. The van der Waals surface area contributed by atoms with E-state index in [9.17, 15) is 4.79 Å². The highest BCUT2D eigenvalue weighted by atomic mass is 16.5. The zero-order valence-electron chi connectivity index (χ0n) is 16.5. The highest BCUT2D eigenvalue weighted by molar-refractivity contribution is 6.05. The first-order chi connectivity index (χ1) is 14.2. The Morgan fingerprint density at radius 1 is 1.03 bits per heavy atom. The van der Waals surface area contributed by atoms with E-state index in [1.807, 2.05) is 60.7 Å². The van der Waals surface area contributed by atoms with E-state index in [1.54, 1.807) is 12.3 Å². The number of hydrogen-bond donors (Lipinski definition) is 1. The summed E-state index contributed by atoms with van der Waals surface area (Å²) in [6, 6.07) is 20.6. The molecule has 0 aliphatic carbocycles. The topological polar surface area (TPSA) is 54.5 Å². The number of hydrogen-bond acceptors (Lipinski definition) is 4. The molecule has 5 heteroatoms. The second-order valence-corrected chi connectivity index (χ2v) is 7.44. The van der Waals surface area contributed by atoms with Gasteiger partial charge in [-0.25, -0.2) is 4.98 Å². The number of nitrogens with zero attached hydrogens (tertiary/aromatic N) is 2. The zero-order valence-corrected chi connectivity index (χ0v) is 16.5. The fourth-order valence-corrected chi connectivity index (χ4v) is 3.44. The molecule has 0 unspecified atom stereocenters. The Morgan fingerprint density at radius 3 is 2.55 bits per heavy atom. The van der Waals surface area contributed by atoms with Gasteiger partial charge in [-0.1, -0.05) is 37.3 Å². The van der Waals surface area contributed by atoms with Crippen molar-refractivity contribution in [3.63, 3.8) is 0 Å². The molecule has 2 aromatic carbocycles. The third-order valence-corrected chi connectivity index (χ3v) is 5.22. The second kappa shape index (κ2) is 8.78. The van der Waals surface area contributed by atoms with Crippen LogP contribution in [0.3, 0.4) is 0 Å². The Bertz CT molecular complexity index is 967. The predicted molar refractivity (Wildman–Crippen MR) is 116 cm³/mol. The quantitative estimate of drug-likeness (QED) is 0.640. The maximum atomic E-state index is 12.9. The molecule has 0 atom stereocenters. The summed E-state index contributed by atoms with van der Waals surface area (Å²) < 4.78 is 5.94. The molecule has 5 nitrogen and oxygen atoms in total. The van der Waals surface area contributed by atoms with Crippen LogP contribution in [0.1, 0.15) is 30.1 Å². The van der Waals surface area contributed by atoms with Crippen molar-refractivity contribution < 1.29 is 9.53 Å². The molecule has 1 aromatic heterocycles. The fraction of sp³-hybridized carbons (Fsp3) is 0.250. The van der Waals surface area contributed by atoms with Crippen LogP contribution in [0.2, 0.25) is 0 Å². The lowest BCUT2D eigenvalue weighted by atomic mass is 9.99. The van der Waals surface area contributed by atoms with Gasteiger partial charge >= 0.3 is 0 Å². The number of amides is 1. The van der Waals surface area contributed by atoms with Gasteiger partial charge in [0.2, 0.25) is 0 Å². The van der Waals surface area contributed by atoms with Gasteiger partial charge in [-0.2, -0.15) is 0 Å². The molecule has 1 aliphatic heterocycles. The fourth-order valence-electron chi connectivity index (χ4n) is 3.44. The Kier molecular flexibility index (Phi) is 5.75. The molecule has 148 valence electrons. The van der Waals surface area contributed by atoms with Gasteiger partial charge in [0.1, 0.15) is 11.6 Å². The number of ether oxygens (including phenoxy) is 1. The van der Waals surface area contributed by atoms with E-state index >= 15 is 0 Å². The highest BCUT2D eigenvalue weighted by Crippen LogP contribution is 2.30. The van der Waals surface area contributed by atoms with Crippen molar-refractivity contribution in [3.8, 4) is 11.5 Å². The minimum atomic E-state index is -0.178. The number of rotatable bonds is 5. The van der Waals surface area contributed by atoms with Crippen LogP contribution < -0.4 is 15.0 Å². The summed E-state index contributed by atoms with van der Waals surface area (Å²) in [6.45, 7) is 4.24. The Labute approximate surface area is 171 Å². The van der Waals surface area contributed by atoms with Gasteiger partial charge in [-0.05, 0) is 55.2 Å². The Balaban J connectivity index is 1.49. The first-order valence-corrected chi connectivity index (χ1v) is 10.0. The summed E-state index contributed by atoms with van der Waals surface area (Å²) in [6.07, 6.45) is 4.01. The maximum absolute atomic E-state index is 12.9. The van der Waals surface area contributed by atoms with Crippen LogP contribution in [0, 0.1) is 5.92 Å². The summed E-state index contributed by atoms with van der Waals surface area (Å²) >= 11 is 0.